The van der Waals surface area contributed by atoms with Crippen molar-refractivity contribution in [2.45, 2.75) is 18.4 Å². The van der Waals surface area contributed by atoms with Crippen LogP contribution in [0.3, 0.4) is 0 Å². The third-order valence-corrected chi connectivity index (χ3v) is 4.82. The minimum Gasteiger partial charge on any atom is -0.497 e. The Hall–Kier alpha value is -2.86. The summed E-state index contributed by atoms with van der Waals surface area (Å²) in [5.41, 5.74) is 0.654. The molecule has 1 fully saturated rings. The third-order valence-electron chi connectivity index (χ3n) is 4.57. The second-order valence-electron chi connectivity index (χ2n) is 6.22. The van der Waals surface area contributed by atoms with E-state index >= 15 is 0 Å². The van der Waals surface area contributed by atoms with Crippen LogP contribution in [0.2, 0.25) is 5.02 Å². The summed E-state index contributed by atoms with van der Waals surface area (Å²) >= 11 is 5.90. The van der Waals surface area contributed by atoms with E-state index in [9.17, 15) is 9.59 Å². The van der Waals surface area contributed by atoms with Gasteiger partial charge in [0.2, 0.25) is 11.5 Å². The molecule has 2 heterocycles. The maximum atomic E-state index is 13.0. The van der Waals surface area contributed by atoms with Gasteiger partial charge in [-0.15, -0.1) is 0 Å². The van der Waals surface area contributed by atoms with Gasteiger partial charge in [0, 0.05) is 11.4 Å². The van der Waals surface area contributed by atoms with E-state index in [4.69, 9.17) is 21.2 Å². The van der Waals surface area contributed by atoms with Crippen LogP contribution in [0, 0.1) is 0 Å². The minimum absolute atomic E-state index is 0.0432. The molecule has 4 rings (SSSR count). The van der Waals surface area contributed by atoms with Gasteiger partial charge in [-0.1, -0.05) is 28.9 Å². The average Bonchev–Trinajstić information content (AvgIpc) is 3.18. The normalized spacial score (nSPS) is 21.9. The van der Waals surface area contributed by atoms with Crippen molar-refractivity contribution in [3.05, 3.63) is 59.1 Å². The number of nitrogens with zero attached hydrogens (tertiary/aromatic N) is 2. The molecular formula is C19H15ClN2O4. The smallest absolute Gasteiger partial charge is 0.281 e. The summed E-state index contributed by atoms with van der Waals surface area (Å²) in [6, 6.07) is 13.9. The molecule has 1 saturated heterocycles. The number of ether oxygens (including phenoxy) is 1. The number of anilines is 1. The first-order valence-corrected chi connectivity index (χ1v) is 8.43. The van der Waals surface area contributed by atoms with Gasteiger partial charge in [0.15, 0.2) is 0 Å². The van der Waals surface area contributed by atoms with E-state index in [2.05, 4.69) is 5.16 Å². The van der Waals surface area contributed by atoms with Crippen molar-refractivity contribution < 1.29 is 19.2 Å². The fraction of sp³-hybridized carbons (Fsp3) is 0.211. The molecule has 0 bridgehead atoms. The molecule has 26 heavy (non-hydrogen) atoms. The van der Waals surface area contributed by atoms with E-state index in [-0.39, 0.29) is 18.7 Å². The molecule has 0 N–H and O–H groups in total. The summed E-state index contributed by atoms with van der Waals surface area (Å²) in [5.74, 6) is -0.0684. The van der Waals surface area contributed by atoms with Crippen LogP contribution in [0.15, 0.2) is 53.7 Å². The van der Waals surface area contributed by atoms with Crippen LogP contribution in [0.25, 0.3) is 0 Å². The molecule has 0 unspecified atom stereocenters. The fourth-order valence-corrected chi connectivity index (χ4v) is 3.32. The van der Waals surface area contributed by atoms with Crippen LogP contribution >= 0.6 is 11.6 Å². The molecule has 2 amide bonds. The summed E-state index contributed by atoms with van der Waals surface area (Å²) in [6.07, 6.45) is 0.199. The Morgan fingerprint density at radius 3 is 2.42 bits per heavy atom. The van der Waals surface area contributed by atoms with Crippen LogP contribution in [0.5, 0.6) is 5.75 Å². The number of amides is 2. The van der Waals surface area contributed by atoms with Crippen molar-refractivity contribution in [2.24, 2.45) is 5.16 Å². The highest BCUT2D eigenvalue weighted by Crippen LogP contribution is 2.39. The largest absolute Gasteiger partial charge is 0.497 e. The van der Waals surface area contributed by atoms with E-state index in [0.29, 0.717) is 22.2 Å². The number of rotatable bonds is 3. The van der Waals surface area contributed by atoms with Gasteiger partial charge in [0.1, 0.15) is 5.75 Å². The van der Waals surface area contributed by atoms with E-state index in [1.165, 1.54) is 0 Å². The topological polar surface area (TPSA) is 68.2 Å². The molecule has 2 aliphatic heterocycles. The number of imide groups is 1. The molecule has 6 nitrogen and oxygen atoms in total. The van der Waals surface area contributed by atoms with E-state index in [0.717, 1.165) is 10.5 Å². The highest BCUT2D eigenvalue weighted by Gasteiger charge is 2.58. The number of carbonyl (C=O) groups is 2. The summed E-state index contributed by atoms with van der Waals surface area (Å²) in [5, 5.41) is 4.68. The molecular weight excluding hydrogens is 356 g/mol. The summed E-state index contributed by atoms with van der Waals surface area (Å²) in [6.45, 7) is 0. The van der Waals surface area contributed by atoms with Gasteiger partial charge in [-0.3, -0.25) is 9.59 Å². The molecule has 7 heteroatoms. The first-order chi connectivity index (χ1) is 12.5. The van der Waals surface area contributed by atoms with Gasteiger partial charge in [-0.2, -0.15) is 0 Å². The lowest BCUT2D eigenvalue weighted by molar-refractivity contribution is -0.136. The SMILES string of the molecule is COc1ccc(N2C(=O)C[C@@]3(CC(c4ccc(Cl)cc4)=NO3)C2=O)cc1. The highest BCUT2D eigenvalue weighted by atomic mass is 35.5. The van der Waals surface area contributed by atoms with Crippen LogP contribution < -0.4 is 9.64 Å². The minimum atomic E-state index is -1.27. The van der Waals surface area contributed by atoms with Crippen molar-refractivity contribution >= 4 is 34.8 Å². The first-order valence-electron chi connectivity index (χ1n) is 8.05. The molecule has 1 atom stereocenters. The van der Waals surface area contributed by atoms with Crippen LogP contribution in [-0.4, -0.2) is 30.2 Å². The van der Waals surface area contributed by atoms with Crippen molar-refractivity contribution in [2.75, 3.05) is 12.0 Å². The fourth-order valence-electron chi connectivity index (χ4n) is 3.19. The predicted octanol–water partition coefficient (Wildman–Crippen LogP) is 3.18. The Bertz CT molecular complexity index is 908. The van der Waals surface area contributed by atoms with Crippen LogP contribution in [0.4, 0.5) is 5.69 Å². The lowest BCUT2D eigenvalue weighted by Crippen LogP contribution is -2.40. The number of oxime groups is 1. The Kier molecular flexibility index (Phi) is 3.92. The summed E-state index contributed by atoms with van der Waals surface area (Å²) < 4.78 is 5.11. The predicted molar refractivity (Wildman–Crippen MR) is 96.5 cm³/mol. The van der Waals surface area contributed by atoms with E-state index in [1.54, 1.807) is 43.5 Å². The molecule has 0 radical (unpaired) electrons. The molecule has 132 valence electrons. The second kappa shape index (κ2) is 6.14. The average molecular weight is 371 g/mol. The van der Waals surface area contributed by atoms with Crippen LogP contribution in [-0.2, 0) is 14.4 Å². The van der Waals surface area contributed by atoms with E-state index in [1.807, 2.05) is 12.1 Å². The number of benzene rings is 2. The van der Waals surface area contributed by atoms with Crippen molar-refractivity contribution in [1.29, 1.82) is 0 Å². The van der Waals surface area contributed by atoms with Gasteiger partial charge in [0.05, 0.1) is 24.9 Å². The Morgan fingerprint density at radius 2 is 1.77 bits per heavy atom. The number of methoxy groups -OCH3 is 1. The van der Waals surface area contributed by atoms with Gasteiger partial charge in [-0.25, -0.2) is 4.90 Å². The van der Waals surface area contributed by atoms with Gasteiger partial charge < -0.3 is 9.57 Å². The molecule has 0 aromatic heterocycles. The van der Waals surface area contributed by atoms with E-state index < -0.39 is 11.5 Å². The molecule has 2 aromatic rings. The van der Waals surface area contributed by atoms with Crippen LogP contribution in [0.1, 0.15) is 18.4 Å². The molecule has 0 saturated carbocycles. The zero-order valence-corrected chi connectivity index (χ0v) is 14.7. The van der Waals surface area contributed by atoms with Crippen molar-refractivity contribution in [3.8, 4) is 5.75 Å². The summed E-state index contributed by atoms with van der Waals surface area (Å²) in [7, 11) is 1.55. The number of carbonyl (C=O) groups excluding carboxylic acids is 2. The number of halogens is 1. The lowest BCUT2D eigenvalue weighted by atomic mass is 9.92. The molecule has 0 aliphatic carbocycles. The molecule has 1 spiro atoms. The Labute approximate surface area is 154 Å². The summed E-state index contributed by atoms with van der Waals surface area (Å²) in [4.78, 5) is 32.1. The Balaban J connectivity index is 1.58. The monoisotopic (exact) mass is 370 g/mol. The standard InChI is InChI=1S/C19H15ClN2O4/c1-25-15-8-6-14(7-9-15)22-17(23)11-19(18(22)24)10-16(21-26-19)12-2-4-13(20)5-3-12/h2-9H,10-11H2,1H3/t19-/m0/s1. The van der Waals surface area contributed by atoms with Gasteiger partial charge in [-0.05, 0) is 42.0 Å². The van der Waals surface area contributed by atoms with Gasteiger partial charge >= 0.3 is 0 Å². The highest BCUT2D eigenvalue weighted by molar-refractivity contribution is 6.30. The molecule has 2 aromatic carbocycles. The lowest BCUT2D eigenvalue weighted by Gasteiger charge is -2.19. The maximum Gasteiger partial charge on any atom is 0.281 e. The zero-order chi connectivity index (χ0) is 18.3. The Morgan fingerprint density at radius 1 is 1.08 bits per heavy atom. The number of hydrogen-bond donors (Lipinski definition) is 0. The van der Waals surface area contributed by atoms with Crippen molar-refractivity contribution in [1.82, 2.24) is 0 Å². The second-order valence-corrected chi connectivity index (χ2v) is 6.65. The van der Waals surface area contributed by atoms with Crippen molar-refractivity contribution in [3.63, 3.8) is 0 Å². The van der Waals surface area contributed by atoms with Gasteiger partial charge in [0.25, 0.3) is 5.91 Å². The molecule has 2 aliphatic rings. The third kappa shape index (κ3) is 2.63. The quantitative estimate of drug-likeness (QED) is 0.778. The zero-order valence-electron chi connectivity index (χ0n) is 13.9. The maximum absolute atomic E-state index is 13.0. The number of hydrogen-bond acceptors (Lipinski definition) is 5. The first kappa shape index (κ1) is 16.6.